The number of rotatable bonds is 5. The highest BCUT2D eigenvalue weighted by atomic mass is 79.9. The van der Waals surface area contributed by atoms with Gasteiger partial charge in [-0.2, -0.15) is 0 Å². The molecule has 7 heteroatoms. The molecule has 1 unspecified atom stereocenters. The minimum atomic E-state index is -0.165. The first-order valence-corrected chi connectivity index (χ1v) is 8.18. The molecule has 1 aromatic rings. The van der Waals surface area contributed by atoms with Gasteiger partial charge in [-0.3, -0.25) is 14.5 Å². The lowest BCUT2D eigenvalue weighted by Gasteiger charge is -2.30. The maximum absolute atomic E-state index is 12.0. The molecule has 1 aliphatic heterocycles. The molecular formula is C15H20BrN3O3. The summed E-state index contributed by atoms with van der Waals surface area (Å²) in [4.78, 5) is 29.9. The van der Waals surface area contributed by atoms with E-state index in [0.29, 0.717) is 19.0 Å². The van der Waals surface area contributed by atoms with Gasteiger partial charge in [0.1, 0.15) is 5.82 Å². The molecule has 1 aromatic heterocycles. The molecule has 120 valence electrons. The van der Waals surface area contributed by atoms with Crippen LogP contribution in [-0.4, -0.2) is 48.0 Å². The molecule has 0 radical (unpaired) electrons. The Morgan fingerprint density at radius 3 is 3.00 bits per heavy atom. The molecule has 0 spiro atoms. The van der Waals surface area contributed by atoms with Gasteiger partial charge in [-0.15, -0.1) is 0 Å². The van der Waals surface area contributed by atoms with E-state index in [0.717, 1.165) is 23.9 Å². The van der Waals surface area contributed by atoms with Crippen LogP contribution in [0.2, 0.25) is 0 Å². The lowest BCUT2D eigenvalue weighted by molar-refractivity contribution is -0.150. The quantitative estimate of drug-likeness (QED) is 0.804. The normalized spacial score (nSPS) is 18.7. The van der Waals surface area contributed by atoms with Crippen molar-refractivity contribution < 1.29 is 14.3 Å². The Morgan fingerprint density at radius 1 is 1.50 bits per heavy atom. The molecule has 1 N–H and O–H groups in total. The second-order valence-electron chi connectivity index (χ2n) is 5.24. The van der Waals surface area contributed by atoms with E-state index in [4.69, 9.17) is 4.74 Å². The van der Waals surface area contributed by atoms with Crippen LogP contribution in [0.4, 0.5) is 5.82 Å². The lowest BCUT2D eigenvalue weighted by atomic mass is 9.98. The molecule has 0 aromatic carbocycles. The second kappa shape index (κ2) is 8.24. The van der Waals surface area contributed by atoms with Gasteiger partial charge < -0.3 is 10.1 Å². The van der Waals surface area contributed by atoms with E-state index in [1.54, 1.807) is 19.2 Å². The summed E-state index contributed by atoms with van der Waals surface area (Å²) in [5, 5.41) is 2.76. The second-order valence-corrected chi connectivity index (χ2v) is 6.15. The number of nitrogens with one attached hydrogen (secondary N) is 1. The summed E-state index contributed by atoms with van der Waals surface area (Å²) in [7, 11) is 0. The number of likely N-dealkylation sites (tertiary alicyclic amines) is 1. The third-order valence-electron chi connectivity index (χ3n) is 3.49. The first-order valence-electron chi connectivity index (χ1n) is 7.39. The van der Waals surface area contributed by atoms with Crippen molar-refractivity contribution in [3.05, 3.63) is 22.8 Å². The van der Waals surface area contributed by atoms with E-state index in [1.165, 1.54) is 0 Å². The molecule has 6 nitrogen and oxygen atoms in total. The van der Waals surface area contributed by atoms with Crippen molar-refractivity contribution in [1.82, 2.24) is 9.88 Å². The molecule has 0 aliphatic carbocycles. The van der Waals surface area contributed by atoms with Gasteiger partial charge in [0.25, 0.3) is 0 Å². The van der Waals surface area contributed by atoms with Crippen LogP contribution in [0.3, 0.4) is 0 Å². The van der Waals surface area contributed by atoms with Crippen LogP contribution < -0.4 is 5.32 Å². The van der Waals surface area contributed by atoms with E-state index in [-0.39, 0.29) is 24.3 Å². The Balaban J connectivity index is 1.83. The molecule has 1 fully saturated rings. The Hall–Kier alpha value is -1.47. The van der Waals surface area contributed by atoms with Crippen LogP contribution in [0.1, 0.15) is 19.8 Å². The average molecular weight is 370 g/mol. The van der Waals surface area contributed by atoms with Gasteiger partial charge in [-0.25, -0.2) is 4.98 Å². The number of hydrogen-bond donors (Lipinski definition) is 1. The van der Waals surface area contributed by atoms with E-state index in [9.17, 15) is 9.59 Å². The van der Waals surface area contributed by atoms with Gasteiger partial charge in [-0.05, 0) is 54.4 Å². The molecule has 1 saturated heterocycles. The molecule has 0 bridgehead atoms. The zero-order chi connectivity index (χ0) is 15.9. The van der Waals surface area contributed by atoms with E-state index < -0.39 is 0 Å². The summed E-state index contributed by atoms with van der Waals surface area (Å²) in [6.07, 6.45) is 3.35. The first kappa shape index (κ1) is 16.9. The monoisotopic (exact) mass is 369 g/mol. The van der Waals surface area contributed by atoms with Crippen molar-refractivity contribution in [2.45, 2.75) is 19.8 Å². The van der Waals surface area contributed by atoms with Crippen LogP contribution in [0.5, 0.6) is 0 Å². The van der Waals surface area contributed by atoms with Crippen molar-refractivity contribution in [2.75, 3.05) is 31.6 Å². The Bertz CT molecular complexity index is 521. The van der Waals surface area contributed by atoms with E-state index in [2.05, 4.69) is 26.2 Å². The number of ether oxygens (including phenoxy) is 1. The lowest BCUT2D eigenvalue weighted by Crippen LogP contribution is -2.43. The topological polar surface area (TPSA) is 71.5 Å². The highest BCUT2D eigenvalue weighted by Gasteiger charge is 2.27. The van der Waals surface area contributed by atoms with Gasteiger partial charge in [0.05, 0.1) is 19.1 Å². The number of piperidine rings is 1. The van der Waals surface area contributed by atoms with Crippen molar-refractivity contribution >= 4 is 33.6 Å². The number of carbonyl (C=O) groups is 2. The van der Waals surface area contributed by atoms with E-state index >= 15 is 0 Å². The zero-order valence-corrected chi connectivity index (χ0v) is 14.1. The van der Waals surface area contributed by atoms with Crippen LogP contribution >= 0.6 is 15.9 Å². The van der Waals surface area contributed by atoms with Crippen molar-refractivity contribution in [1.29, 1.82) is 0 Å². The fraction of sp³-hybridized carbons (Fsp3) is 0.533. The van der Waals surface area contributed by atoms with Crippen LogP contribution in [0, 0.1) is 5.92 Å². The van der Waals surface area contributed by atoms with Crippen molar-refractivity contribution in [3.8, 4) is 0 Å². The number of anilines is 1. The van der Waals surface area contributed by atoms with Crippen molar-refractivity contribution in [2.24, 2.45) is 5.92 Å². The minimum absolute atomic E-state index is 0.126. The molecule has 1 aliphatic rings. The predicted molar refractivity (Wildman–Crippen MR) is 86.4 cm³/mol. The molecule has 1 atom stereocenters. The van der Waals surface area contributed by atoms with Crippen LogP contribution in [0.15, 0.2) is 22.8 Å². The summed E-state index contributed by atoms with van der Waals surface area (Å²) in [5.74, 6) is 0.0981. The van der Waals surface area contributed by atoms with E-state index in [1.807, 2.05) is 11.0 Å². The average Bonchev–Trinajstić information content (AvgIpc) is 2.50. The smallest absolute Gasteiger partial charge is 0.310 e. The summed E-state index contributed by atoms with van der Waals surface area (Å²) in [6.45, 7) is 3.84. The van der Waals surface area contributed by atoms with Crippen molar-refractivity contribution in [3.63, 3.8) is 0 Å². The third-order valence-corrected chi connectivity index (χ3v) is 3.96. The first-order chi connectivity index (χ1) is 10.6. The Labute approximate surface area is 138 Å². The van der Waals surface area contributed by atoms with Crippen LogP contribution in [-0.2, 0) is 14.3 Å². The molecule has 2 heterocycles. The maximum Gasteiger partial charge on any atom is 0.310 e. The highest BCUT2D eigenvalue weighted by Crippen LogP contribution is 2.18. The number of halogens is 1. The minimum Gasteiger partial charge on any atom is -0.466 e. The van der Waals surface area contributed by atoms with Gasteiger partial charge in [0, 0.05) is 17.2 Å². The largest absolute Gasteiger partial charge is 0.466 e. The molecule has 22 heavy (non-hydrogen) atoms. The summed E-state index contributed by atoms with van der Waals surface area (Å²) < 4.78 is 5.92. The predicted octanol–water partition coefficient (Wildman–Crippen LogP) is 2.06. The number of amides is 1. The van der Waals surface area contributed by atoms with Gasteiger partial charge in [0.15, 0.2) is 0 Å². The number of pyridine rings is 1. The maximum atomic E-state index is 12.0. The fourth-order valence-corrected chi connectivity index (χ4v) is 2.72. The molecule has 0 saturated carbocycles. The van der Waals surface area contributed by atoms with Gasteiger partial charge >= 0.3 is 5.97 Å². The number of hydrogen-bond acceptors (Lipinski definition) is 5. The number of carbonyl (C=O) groups excluding carboxylic acids is 2. The molecule has 2 rings (SSSR count). The number of esters is 1. The SMILES string of the molecule is CCOC(=O)C1CCCN(CC(=O)Nc2ccc(Br)cn2)C1. The Kier molecular flexibility index (Phi) is 6.33. The molecule has 1 amide bonds. The van der Waals surface area contributed by atoms with Gasteiger partial charge in [-0.1, -0.05) is 0 Å². The Morgan fingerprint density at radius 2 is 2.32 bits per heavy atom. The highest BCUT2D eigenvalue weighted by molar-refractivity contribution is 9.10. The van der Waals surface area contributed by atoms with Crippen LogP contribution in [0.25, 0.3) is 0 Å². The number of nitrogens with zero attached hydrogens (tertiary/aromatic N) is 2. The summed E-state index contributed by atoms with van der Waals surface area (Å²) in [5.41, 5.74) is 0. The summed E-state index contributed by atoms with van der Waals surface area (Å²) >= 11 is 3.30. The fourth-order valence-electron chi connectivity index (χ4n) is 2.49. The number of aromatic nitrogens is 1. The summed E-state index contributed by atoms with van der Waals surface area (Å²) in [6, 6.07) is 3.56. The zero-order valence-electron chi connectivity index (χ0n) is 12.5. The molecular weight excluding hydrogens is 350 g/mol. The standard InChI is InChI=1S/C15H20BrN3O3/c1-2-22-15(21)11-4-3-7-19(9-11)10-14(20)18-13-6-5-12(16)8-17-13/h5-6,8,11H,2-4,7,9-10H2,1H3,(H,17,18,20). The third kappa shape index (κ3) is 5.06. The van der Waals surface area contributed by atoms with Gasteiger partial charge in [0.2, 0.25) is 5.91 Å².